The molecule has 1 amide bonds. The molecule has 0 saturated heterocycles. The van der Waals surface area contributed by atoms with E-state index in [0.29, 0.717) is 24.3 Å². The molecule has 1 heterocycles. The van der Waals surface area contributed by atoms with E-state index in [1.54, 1.807) is 6.20 Å². The lowest BCUT2D eigenvalue weighted by molar-refractivity contribution is -0.189. The first kappa shape index (κ1) is 18.0. The summed E-state index contributed by atoms with van der Waals surface area (Å²) in [5.41, 5.74) is 0. The van der Waals surface area contributed by atoms with Gasteiger partial charge in [-0.3, -0.25) is 4.79 Å². The Balaban J connectivity index is 1.62. The molecular formula is C17H18F3N3OS. The van der Waals surface area contributed by atoms with Crippen LogP contribution in [0.25, 0.3) is 10.8 Å². The SMILES string of the molecule is O=C(CSc1nncc2ccccc12)N[C@@H]1CCCC[C@@H]1C(F)(F)F. The maximum atomic E-state index is 13.1. The number of rotatable bonds is 4. The molecule has 4 nitrogen and oxygen atoms in total. The Labute approximate surface area is 147 Å². The van der Waals surface area contributed by atoms with Crippen LogP contribution in [0.15, 0.2) is 35.5 Å². The molecule has 2 aromatic rings. The molecule has 1 aliphatic rings. The highest BCUT2D eigenvalue weighted by Crippen LogP contribution is 2.37. The molecule has 3 rings (SSSR count). The van der Waals surface area contributed by atoms with Gasteiger partial charge in [0.15, 0.2) is 0 Å². The number of carbonyl (C=O) groups is 1. The maximum absolute atomic E-state index is 13.1. The van der Waals surface area contributed by atoms with Gasteiger partial charge in [0.1, 0.15) is 5.03 Å². The number of alkyl halides is 3. The van der Waals surface area contributed by atoms with Crippen LogP contribution in [0.4, 0.5) is 13.2 Å². The second-order valence-electron chi connectivity index (χ2n) is 6.13. The number of hydrogen-bond donors (Lipinski definition) is 1. The van der Waals surface area contributed by atoms with Crippen LogP contribution in [0.3, 0.4) is 0 Å². The van der Waals surface area contributed by atoms with Crippen molar-refractivity contribution in [2.75, 3.05) is 5.75 Å². The average molecular weight is 369 g/mol. The average Bonchev–Trinajstić information content (AvgIpc) is 2.59. The largest absolute Gasteiger partial charge is 0.393 e. The molecule has 25 heavy (non-hydrogen) atoms. The standard InChI is InChI=1S/C17H18F3N3OS/c18-17(19,20)13-7-3-4-8-14(13)22-15(24)10-25-16-12-6-2-1-5-11(12)9-21-23-16/h1-2,5-6,9,13-14H,3-4,7-8,10H2,(H,22,24)/t13-,14+/m0/s1. The van der Waals surface area contributed by atoms with E-state index < -0.39 is 24.0 Å². The van der Waals surface area contributed by atoms with Crippen molar-refractivity contribution >= 4 is 28.4 Å². The zero-order valence-corrected chi connectivity index (χ0v) is 14.2. The van der Waals surface area contributed by atoms with Crippen LogP contribution in [-0.4, -0.2) is 34.1 Å². The third-order valence-corrected chi connectivity index (χ3v) is 5.39. The van der Waals surface area contributed by atoms with Crippen LogP contribution in [0.5, 0.6) is 0 Å². The van der Waals surface area contributed by atoms with Crippen LogP contribution < -0.4 is 5.32 Å². The van der Waals surface area contributed by atoms with Gasteiger partial charge in [-0.05, 0) is 12.8 Å². The Kier molecular flexibility index (Phi) is 5.46. The van der Waals surface area contributed by atoms with Gasteiger partial charge >= 0.3 is 6.18 Å². The van der Waals surface area contributed by atoms with Crippen molar-refractivity contribution in [3.05, 3.63) is 30.5 Å². The van der Waals surface area contributed by atoms with Crippen LogP contribution in [-0.2, 0) is 4.79 Å². The first-order valence-corrected chi connectivity index (χ1v) is 9.13. The van der Waals surface area contributed by atoms with E-state index in [-0.39, 0.29) is 12.2 Å². The van der Waals surface area contributed by atoms with E-state index in [1.165, 1.54) is 11.8 Å². The molecule has 0 aliphatic heterocycles. The second kappa shape index (κ2) is 7.59. The smallest absolute Gasteiger partial charge is 0.352 e. The molecule has 2 atom stereocenters. The van der Waals surface area contributed by atoms with Crippen molar-refractivity contribution < 1.29 is 18.0 Å². The van der Waals surface area contributed by atoms with Crippen LogP contribution in [0.2, 0.25) is 0 Å². The highest BCUT2D eigenvalue weighted by molar-refractivity contribution is 8.00. The lowest BCUT2D eigenvalue weighted by Crippen LogP contribution is -2.48. The number of halogens is 3. The summed E-state index contributed by atoms with van der Waals surface area (Å²) >= 11 is 1.19. The fourth-order valence-electron chi connectivity index (χ4n) is 3.19. The topological polar surface area (TPSA) is 54.9 Å². The summed E-state index contributed by atoms with van der Waals surface area (Å²) in [4.78, 5) is 12.1. The lowest BCUT2D eigenvalue weighted by atomic mass is 9.84. The van der Waals surface area contributed by atoms with Gasteiger partial charge in [-0.15, -0.1) is 5.10 Å². The number of nitrogens with one attached hydrogen (secondary N) is 1. The fraction of sp³-hybridized carbons (Fsp3) is 0.471. The summed E-state index contributed by atoms with van der Waals surface area (Å²) in [5, 5.41) is 12.9. The Bertz CT molecular complexity index is 748. The Morgan fingerprint density at radius 3 is 2.80 bits per heavy atom. The zero-order chi connectivity index (χ0) is 17.9. The number of benzene rings is 1. The minimum atomic E-state index is -4.27. The van der Waals surface area contributed by atoms with E-state index in [2.05, 4.69) is 15.5 Å². The van der Waals surface area contributed by atoms with Gasteiger partial charge in [-0.1, -0.05) is 48.9 Å². The zero-order valence-electron chi connectivity index (χ0n) is 13.4. The third kappa shape index (κ3) is 4.42. The van der Waals surface area contributed by atoms with Crippen molar-refractivity contribution in [1.82, 2.24) is 15.5 Å². The van der Waals surface area contributed by atoms with Crippen LogP contribution >= 0.6 is 11.8 Å². The molecule has 0 bridgehead atoms. The molecule has 0 spiro atoms. The van der Waals surface area contributed by atoms with Gasteiger partial charge < -0.3 is 5.32 Å². The Morgan fingerprint density at radius 2 is 2.00 bits per heavy atom. The third-order valence-electron chi connectivity index (χ3n) is 4.41. The van der Waals surface area contributed by atoms with Gasteiger partial charge in [-0.25, -0.2) is 0 Å². The number of carbonyl (C=O) groups excluding carboxylic acids is 1. The number of fused-ring (bicyclic) bond motifs is 1. The van der Waals surface area contributed by atoms with Crippen molar-refractivity contribution in [3.8, 4) is 0 Å². The number of aromatic nitrogens is 2. The summed E-state index contributed by atoms with van der Waals surface area (Å²) in [6.07, 6.45) is -0.927. The normalized spacial score (nSPS) is 21.2. The summed E-state index contributed by atoms with van der Waals surface area (Å²) in [6, 6.07) is 6.69. The van der Waals surface area contributed by atoms with Crippen molar-refractivity contribution in [2.45, 2.75) is 42.9 Å². The highest BCUT2D eigenvalue weighted by atomic mass is 32.2. The number of thioether (sulfide) groups is 1. The summed E-state index contributed by atoms with van der Waals surface area (Å²) < 4.78 is 39.3. The van der Waals surface area contributed by atoms with Gasteiger partial charge in [-0.2, -0.15) is 18.3 Å². The second-order valence-corrected chi connectivity index (χ2v) is 7.10. The molecule has 134 valence electrons. The molecule has 0 radical (unpaired) electrons. The molecule has 1 aromatic carbocycles. The van der Waals surface area contributed by atoms with E-state index in [4.69, 9.17) is 0 Å². The minimum absolute atomic E-state index is 0.0176. The number of amides is 1. The first-order valence-electron chi connectivity index (χ1n) is 8.14. The summed E-state index contributed by atoms with van der Waals surface area (Å²) in [7, 11) is 0. The predicted molar refractivity (Wildman–Crippen MR) is 90.2 cm³/mol. The monoisotopic (exact) mass is 369 g/mol. The van der Waals surface area contributed by atoms with E-state index in [0.717, 1.165) is 10.8 Å². The van der Waals surface area contributed by atoms with E-state index in [1.807, 2.05) is 24.3 Å². The van der Waals surface area contributed by atoms with Crippen LogP contribution in [0, 0.1) is 5.92 Å². The van der Waals surface area contributed by atoms with Crippen LogP contribution in [0.1, 0.15) is 25.7 Å². The van der Waals surface area contributed by atoms with Gasteiger partial charge in [0.25, 0.3) is 0 Å². The molecule has 1 aromatic heterocycles. The highest BCUT2D eigenvalue weighted by Gasteiger charge is 2.45. The lowest BCUT2D eigenvalue weighted by Gasteiger charge is -2.33. The quantitative estimate of drug-likeness (QED) is 0.829. The molecule has 0 unspecified atom stereocenters. The molecule has 1 saturated carbocycles. The maximum Gasteiger partial charge on any atom is 0.393 e. The molecule has 1 fully saturated rings. The van der Waals surface area contributed by atoms with Gasteiger partial charge in [0.2, 0.25) is 5.91 Å². The fourth-order valence-corrected chi connectivity index (χ4v) is 3.98. The summed E-state index contributed by atoms with van der Waals surface area (Å²) in [6.45, 7) is 0. The van der Waals surface area contributed by atoms with E-state index >= 15 is 0 Å². The van der Waals surface area contributed by atoms with Gasteiger partial charge in [0.05, 0.1) is 17.9 Å². The Hall–Kier alpha value is -1.83. The van der Waals surface area contributed by atoms with Crippen molar-refractivity contribution in [1.29, 1.82) is 0 Å². The molecule has 1 N–H and O–H groups in total. The van der Waals surface area contributed by atoms with Gasteiger partial charge in [0, 0.05) is 16.8 Å². The Morgan fingerprint density at radius 1 is 1.24 bits per heavy atom. The predicted octanol–water partition coefficient (Wildman–Crippen LogP) is 3.96. The van der Waals surface area contributed by atoms with E-state index in [9.17, 15) is 18.0 Å². The van der Waals surface area contributed by atoms with Crippen molar-refractivity contribution in [2.24, 2.45) is 5.92 Å². The molecule has 1 aliphatic carbocycles. The molecular weight excluding hydrogens is 351 g/mol. The minimum Gasteiger partial charge on any atom is -0.352 e. The first-order chi connectivity index (χ1) is 11.9. The number of nitrogens with zero attached hydrogens (tertiary/aromatic N) is 2. The number of hydrogen-bond acceptors (Lipinski definition) is 4. The van der Waals surface area contributed by atoms with Crippen molar-refractivity contribution in [3.63, 3.8) is 0 Å². The molecule has 8 heteroatoms. The summed E-state index contributed by atoms with van der Waals surface area (Å²) in [5.74, 6) is -1.84.